The van der Waals surface area contributed by atoms with Crippen LogP contribution in [0.5, 0.6) is 0 Å². The van der Waals surface area contributed by atoms with Crippen LogP contribution in [-0.4, -0.2) is 0 Å². The minimum Gasteiger partial charge on any atom is -0.456 e. The molecule has 0 aliphatic heterocycles. The predicted molar refractivity (Wildman–Crippen MR) is 286 cm³/mol. The van der Waals surface area contributed by atoms with Crippen LogP contribution in [0.2, 0.25) is 0 Å². The van der Waals surface area contributed by atoms with Gasteiger partial charge >= 0.3 is 0 Å². The fraction of sp³-hybridized carbons (Fsp3) is 0.0149. The smallest absolute Gasteiger partial charge is 0.136 e. The molecular formula is C67H38O. The van der Waals surface area contributed by atoms with Crippen LogP contribution in [0.15, 0.2) is 235 Å². The van der Waals surface area contributed by atoms with E-state index in [1.165, 1.54) is 131 Å². The van der Waals surface area contributed by atoms with Crippen molar-refractivity contribution in [1.29, 1.82) is 0 Å². The minimum atomic E-state index is -0.499. The Hall–Kier alpha value is -8.78. The molecule has 1 spiro atoms. The van der Waals surface area contributed by atoms with Crippen molar-refractivity contribution in [3.8, 4) is 44.5 Å². The highest BCUT2D eigenvalue weighted by molar-refractivity contribution is 6.24. The van der Waals surface area contributed by atoms with Gasteiger partial charge in [0, 0.05) is 10.8 Å². The first-order chi connectivity index (χ1) is 33.7. The maximum Gasteiger partial charge on any atom is 0.136 e. The molecule has 1 heterocycles. The van der Waals surface area contributed by atoms with Crippen molar-refractivity contribution in [2.45, 2.75) is 5.41 Å². The first kappa shape index (κ1) is 36.4. The van der Waals surface area contributed by atoms with Crippen molar-refractivity contribution in [2.24, 2.45) is 0 Å². The minimum absolute atomic E-state index is 0.499. The van der Waals surface area contributed by atoms with Crippen LogP contribution in [-0.2, 0) is 5.41 Å². The van der Waals surface area contributed by atoms with Gasteiger partial charge in [-0.05, 0) is 174 Å². The van der Waals surface area contributed by atoms with Gasteiger partial charge in [0.2, 0.25) is 0 Å². The largest absolute Gasteiger partial charge is 0.456 e. The zero-order chi connectivity index (χ0) is 44.2. The van der Waals surface area contributed by atoms with E-state index in [9.17, 15) is 0 Å². The Morgan fingerprint density at radius 1 is 0.250 bits per heavy atom. The monoisotopic (exact) mass is 858 g/mol. The molecule has 2 aliphatic rings. The molecule has 16 rings (SSSR count). The maximum atomic E-state index is 6.49. The molecule has 0 radical (unpaired) electrons. The first-order valence-corrected chi connectivity index (χ1v) is 23.7. The summed E-state index contributed by atoms with van der Waals surface area (Å²) in [6.45, 7) is 0. The van der Waals surface area contributed by atoms with Crippen molar-refractivity contribution in [3.05, 3.63) is 253 Å². The fourth-order valence-electron chi connectivity index (χ4n) is 13.1. The quantitative estimate of drug-likeness (QED) is 0.125. The number of benzene rings is 13. The predicted octanol–water partition coefficient (Wildman–Crippen LogP) is 18.2. The summed E-state index contributed by atoms with van der Waals surface area (Å²) in [6, 6.07) is 86.6. The number of hydrogen-bond acceptors (Lipinski definition) is 1. The molecule has 1 heteroatoms. The maximum absolute atomic E-state index is 6.49. The zero-order valence-corrected chi connectivity index (χ0v) is 36.8. The number of fused-ring (bicyclic) bond motifs is 22. The highest BCUT2D eigenvalue weighted by atomic mass is 16.3. The molecule has 68 heavy (non-hydrogen) atoms. The lowest BCUT2D eigenvalue weighted by molar-refractivity contribution is 0.669. The summed E-state index contributed by atoms with van der Waals surface area (Å²) < 4.78 is 6.49. The normalized spacial score (nSPS) is 13.4. The third-order valence-corrected chi connectivity index (χ3v) is 15.8. The summed E-state index contributed by atoms with van der Waals surface area (Å²) in [7, 11) is 0. The molecule has 14 aromatic rings. The van der Waals surface area contributed by atoms with Crippen molar-refractivity contribution in [2.75, 3.05) is 0 Å². The number of furan rings is 1. The van der Waals surface area contributed by atoms with E-state index in [1.54, 1.807) is 0 Å². The van der Waals surface area contributed by atoms with Gasteiger partial charge in [0.25, 0.3) is 0 Å². The molecule has 0 amide bonds. The van der Waals surface area contributed by atoms with Crippen molar-refractivity contribution in [3.63, 3.8) is 0 Å². The van der Waals surface area contributed by atoms with Gasteiger partial charge in [0.1, 0.15) is 11.2 Å². The highest BCUT2D eigenvalue weighted by Gasteiger charge is 2.53. The second-order valence-electron chi connectivity index (χ2n) is 19.0. The Labute approximate surface area is 391 Å². The highest BCUT2D eigenvalue weighted by Crippen LogP contribution is 2.66. The van der Waals surface area contributed by atoms with Gasteiger partial charge in [0.15, 0.2) is 0 Å². The van der Waals surface area contributed by atoms with Gasteiger partial charge < -0.3 is 4.42 Å². The second kappa shape index (κ2) is 13.2. The van der Waals surface area contributed by atoms with E-state index in [1.807, 2.05) is 0 Å². The molecule has 0 fully saturated rings. The Bertz CT molecular complexity index is 4460. The Kier molecular flexibility index (Phi) is 7.07. The summed E-state index contributed by atoms with van der Waals surface area (Å²) in [4.78, 5) is 0. The van der Waals surface area contributed by atoms with Crippen molar-refractivity contribution >= 4 is 86.6 Å². The van der Waals surface area contributed by atoms with E-state index < -0.39 is 5.41 Å². The Morgan fingerprint density at radius 2 is 0.721 bits per heavy atom. The lowest BCUT2D eigenvalue weighted by atomic mass is 9.69. The van der Waals surface area contributed by atoms with E-state index in [2.05, 4.69) is 231 Å². The van der Waals surface area contributed by atoms with Gasteiger partial charge in [-0.25, -0.2) is 0 Å². The number of hydrogen-bond donors (Lipinski definition) is 0. The van der Waals surface area contributed by atoms with E-state index in [-0.39, 0.29) is 0 Å². The molecule has 13 aromatic carbocycles. The van der Waals surface area contributed by atoms with Gasteiger partial charge in [-0.2, -0.15) is 0 Å². The van der Waals surface area contributed by atoms with Gasteiger partial charge in [-0.1, -0.05) is 188 Å². The van der Waals surface area contributed by atoms with Crippen LogP contribution in [0.3, 0.4) is 0 Å². The van der Waals surface area contributed by atoms with E-state index >= 15 is 0 Å². The molecule has 1 nitrogen and oxygen atoms in total. The second-order valence-corrected chi connectivity index (χ2v) is 19.0. The Morgan fingerprint density at radius 3 is 1.37 bits per heavy atom. The summed E-state index contributed by atoms with van der Waals surface area (Å²) in [5.74, 6) is 0. The van der Waals surface area contributed by atoms with Gasteiger partial charge in [0.05, 0.1) is 5.41 Å². The molecule has 0 bridgehead atoms. The van der Waals surface area contributed by atoms with E-state index in [4.69, 9.17) is 4.42 Å². The zero-order valence-electron chi connectivity index (χ0n) is 36.8. The summed E-state index contributed by atoms with van der Waals surface area (Å²) in [5.41, 5.74) is 17.0. The molecule has 0 unspecified atom stereocenters. The van der Waals surface area contributed by atoms with Gasteiger partial charge in [-0.3, -0.25) is 0 Å². The molecular weight excluding hydrogens is 821 g/mol. The molecule has 0 N–H and O–H groups in total. The SMILES string of the molecule is c1ccc2c(c1)-c1ccccc1C21c2cc3cc(-c4c5ccccc5c(-c5ccc6oc7cc8ccccc8cc7c6c5)c5ccccc45)ccc3cc2-c2c1c1ccccc1c1ccccc21. The topological polar surface area (TPSA) is 13.1 Å². The van der Waals surface area contributed by atoms with Crippen LogP contribution >= 0.6 is 0 Å². The third-order valence-electron chi connectivity index (χ3n) is 15.8. The standard InChI is InChI=1S/C67H38O/c1-2-16-40-38-62-56(34-39(40)15-1)55-36-43(31-32-61(55)68-62)64-52-24-8-6-22-50(52)63(51-23-7-9-25-53(51)64)42-30-29-41-35-57-60(37-44(41)33-42)67(58-27-13-11-19-47(58)48-20-12-14-28-59(48)67)66-54-26-10-4-18-46(54)45-17-3-5-21-49(45)65(57)66/h1-38H. The van der Waals surface area contributed by atoms with Crippen molar-refractivity contribution < 1.29 is 4.42 Å². The first-order valence-electron chi connectivity index (χ1n) is 23.7. The molecule has 2 aliphatic carbocycles. The molecule has 0 saturated heterocycles. The molecule has 312 valence electrons. The molecule has 0 saturated carbocycles. The van der Waals surface area contributed by atoms with Gasteiger partial charge in [-0.15, -0.1) is 0 Å². The lowest BCUT2D eigenvalue weighted by Gasteiger charge is -2.32. The summed E-state index contributed by atoms with van der Waals surface area (Å²) in [5, 5.41) is 17.3. The third kappa shape index (κ3) is 4.60. The average Bonchev–Trinajstić information content (AvgIpc) is 4.02. The van der Waals surface area contributed by atoms with Crippen LogP contribution in [0.1, 0.15) is 22.3 Å². The van der Waals surface area contributed by atoms with Crippen LogP contribution < -0.4 is 0 Å². The van der Waals surface area contributed by atoms with Crippen LogP contribution in [0.4, 0.5) is 0 Å². The van der Waals surface area contributed by atoms with Crippen LogP contribution in [0, 0.1) is 0 Å². The van der Waals surface area contributed by atoms with Crippen molar-refractivity contribution in [1.82, 2.24) is 0 Å². The van der Waals surface area contributed by atoms with E-state index in [0.717, 1.165) is 21.9 Å². The Balaban J connectivity index is 0.963. The number of rotatable bonds is 2. The average molecular weight is 859 g/mol. The molecule has 0 atom stereocenters. The summed E-state index contributed by atoms with van der Waals surface area (Å²) in [6.07, 6.45) is 0. The summed E-state index contributed by atoms with van der Waals surface area (Å²) >= 11 is 0. The fourth-order valence-corrected chi connectivity index (χ4v) is 13.1. The van der Waals surface area contributed by atoms with E-state index in [0.29, 0.717) is 0 Å². The molecule has 1 aromatic heterocycles. The van der Waals surface area contributed by atoms with Crippen LogP contribution in [0.25, 0.3) is 131 Å². The lowest BCUT2D eigenvalue weighted by Crippen LogP contribution is -2.26.